The molecule has 1 amide bonds. The van der Waals surface area contributed by atoms with Crippen LogP contribution in [-0.2, 0) is 4.74 Å². The molecule has 1 aliphatic rings. The van der Waals surface area contributed by atoms with Crippen molar-refractivity contribution in [1.82, 2.24) is 20.0 Å². The Morgan fingerprint density at radius 3 is 2.60 bits per heavy atom. The van der Waals surface area contributed by atoms with Gasteiger partial charge in [-0.05, 0) is 41.8 Å². The van der Waals surface area contributed by atoms with E-state index in [2.05, 4.69) is 31.1 Å². The summed E-state index contributed by atoms with van der Waals surface area (Å²) in [7, 11) is 0. The Balaban J connectivity index is 1.42. The molecule has 4 aromatic rings. The summed E-state index contributed by atoms with van der Waals surface area (Å²) in [5.41, 5.74) is 2.03. The van der Waals surface area contributed by atoms with E-state index in [0.717, 1.165) is 20.8 Å². The van der Waals surface area contributed by atoms with Crippen LogP contribution in [0.3, 0.4) is 0 Å². The van der Waals surface area contributed by atoms with Gasteiger partial charge in [0.25, 0.3) is 11.8 Å². The molecule has 7 nitrogen and oxygen atoms in total. The zero-order chi connectivity index (χ0) is 20.5. The Kier molecular flexibility index (Phi) is 5.02. The maximum atomic E-state index is 12.6. The summed E-state index contributed by atoms with van der Waals surface area (Å²) in [4.78, 5) is 23.4. The van der Waals surface area contributed by atoms with Gasteiger partial charge in [0.2, 0.25) is 5.82 Å². The first-order valence-corrected chi connectivity index (χ1v) is 10.3. The summed E-state index contributed by atoms with van der Waals surface area (Å²) in [5, 5.41) is 6.08. The van der Waals surface area contributed by atoms with Crippen molar-refractivity contribution >= 4 is 32.6 Å². The second-order valence-electron chi connectivity index (χ2n) is 6.90. The van der Waals surface area contributed by atoms with Crippen molar-refractivity contribution < 1.29 is 14.1 Å². The third kappa shape index (κ3) is 3.48. The van der Waals surface area contributed by atoms with Crippen LogP contribution in [0.15, 0.2) is 63.7 Å². The molecule has 0 saturated carbocycles. The Hall–Kier alpha value is -3.10. The number of nitrogens with zero attached hydrogens (tertiary/aromatic N) is 4. The number of morpholine rings is 1. The molecule has 1 aliphatic heterocycles. The summed E-state index contributed by atoms with van der Waals surface area (Å²) in [6.45, 7) is 2.38. The summed E-state index contributed by atoms with van der Waals surface area (Å²) in [6, 6.07) is 15.0. The minimum Gasteiger partial charge on any atom is -0.378 e. The molecule has 0 unspecified atom stereocenters. The van der Waals surface area contributed by atoms with Crippen molar-refractivity contribution in [2.24, 2.45) is 0 Å². The molecule has 30 heavy (non-hydrogen) atoms. The summed E-state index contributed by atoms with van der Waals surface area (Å²) < 4.78 is 11.8. The van der Waals surface area contributed by atoms with Gasteiger partial charge >= 0.3 is 0 Å². The quantitative estimate of drug-likeness (QED) is 0.452. The Morgan fingerprint density at radius 2 is 1.80 bits per heavy atom. The van der Waals surface area contributed by atoms with Gasteiger partial charge in [-0.1, -0.05) is 33.2 Å². The van der Waals surface area contributed by atoms with Gasteiger partial charge in [-0.15, -0.1) is 0 Å². The lowest BCUT2D eigenvalue weighted by molar-refractivity contribution is 0.0303. The van der Waals surface area contributed by atoms with E-state index in [-0.39, 0.29) is 5.91 Å². The maximum Gasteiger partial charge on any atom is 0.258 e. The number of pyridine rings is 1. The topological polar surface area (TPSA) is 81.3 Å². The van der Waals surface area contributed by atoms with E-state index < -0.39 is 0 Å². The van der Waals surface area contributed by atoms with Gasteiger partial charge in [0.15, 0.2) is 0 Å². The van der Waals surface area contributed by atoms with E-state index in [1.807, 2.05) is 36.4 Å². The van der Waals surface area contributed by atoms with E-state index >= 15 is 0 Å². The summed E-state index contributed by atoms with van der Waals surface area (Å²) >= 11 is 3.56. The summed E-state index contributed by atoms with van der Waals surface area (Å²) in [6.07, 6.45) is 1.73. The second-order valence-corrected chi connectivity index (χ2v) is 7.75. The van der Waals surface area contributed by atoms with E-state index in [4.69, 9.17) is 9.26 Å². The van der Waals surface area contributed by atoms with E-state index in [1.54, 1.807) is 23.2 Å². The molecule has 0 aliphatic carbocycles. The first-order valence-electron chi connectivity index (χ1n) is 9.55. The van der Waals surface area contributed by atoms with Gasteiger partial charge < -0.3 is 14.2 Å². The van der Waals surface area contributed by atoms with Gasteiger partial charge in [0, 0.05) is 40.3 Å². The maximum absolute atomic E-state index is 12.6. The fraction of sp³-hybridized carbons (Fsp3) is 0.182. The number of benzene rings is 2. The molecule has 1 fully saturated rings. The van der Waals surface area contributed by atoms with Gasteiger partial charge in [-0.25, -0.2) is 0 Å². The van der Waals surface area contributed by atoms with Crippen LogP contribution in [0.4, 0.5) is 0 Å². The molecule has 0 atom stereocenters. The first kappa shape index (κ1) is 18.9. The third-order valence-corrected chi connectivity index (χ3v) is 5.76. The van der Waals surface area contributed by atoms with Crippen LogP contribution in [0.5, 0.6) is 0 Å². The number of amides is 1. The van der Waals surface area contributed by atoms with Crippen LogP contribution in [0, 0.1) is 0 Å². The normalized spacial score (nSPS) is 14.2. The lowest BCUT2D eigenvalue weighted by Crippen LogP contribution is -2.40. The fourth-order valence-electron chi connectivity index (χ4n) is 3.49. The molecule has 0 radical (unpaired) electrons. The predicted molar refractivity (Wildman–Crippen MR) is 115 cm³/mol. The van der Waals surface area contributed by atoms with Crippen molar-refractivity contribution in [3.05, 3.63) is 64.8 Å². The van der Waals surface area contributed by atoms with Crippen LogP contribution in [-0.4, -0.2) is 52.2 Å². The van der Waals surface area contributed by atoms with E-state index in [0.29, 0.717) is 49.3 Å². The number of ether oxygens (including phenoxy) is 1. The Labute approximate surface area is 180 Å². The highest BCUT2D eigenvalue weighted by Crippen LogP contribution is 2.30. The molecule has 8 heteroatoms. The number of hydrogen-bond donors (Lipinski definition) is 0. The van der Waals surface area contributed by atoms with Crippen molar-refractivity contribution in [2.45, 2.75) is 0 Å². The van der Waals surface area contributed by atoms with Crippen LogP contribution in [0.1, 0.15) is 10.4 Å². The van der Waals surface area contributed by atoms with Crippen molar-refractivity contribution in [3.63, 3.8) is 0 Å². The molecular formula is C22H17BrN4O3. The Morgan fingerprint density at radius 1 is 1.00 bits per heavy atom. The molecule has 0 N–H and O–H groups in total. The number of halogens is 1. The highest BCUT2D eigenvalue weighted by Gasteiger charge is 2.19. The highest BCUT2D eigenvalue weighted by atomic mass is 79.9. The number of aromatic nitrogens is 3. The number of hydrogen-bond acceptors (Lipinski definition) is 6. The molecule has 0 spiro atoms. The number of rotatable bonds is 3. The zero-order valence-corrected chi connectivity index (χ0v) is 17.5. The fourth-order valence-corrected chi connectivity index (χ4v) is 3.99. The SMILES string of the molecule is O=C(c1ccc(-c2nc(-c3nccc4c(Br)cccc34)no2)cc1)N1CCOCC1. The van der Waals surface area contributed by atoms with E-state index in [1.165, 1.54) is 0 Å². The van der Waals surface area contributed by atoms with Crippen LogP contribution < -0.4 is 0 Å². The Bertz CT molecular complexity index is 1220. The predicted octanol–water partition coefficient (Wildman–Crippen LogP) is 4.19. The summed E-state index contributed by atoms with van der Waals surface area (Å²) in [5.74, 6) is 0.799. The lowest BCUT2D eigenvalue weighted by Gasteiger charge is -2.26. The molecule has 2 aromatic heterocycles. The number of fused-ring (bicyclic) bond motifs is 1. The molecule has 3 heterocycles. The molecule has 150 valence electrons. The lowest BCUT2D eigenvalue weighted by atomic mass is 10.1. The van der Waals surface area contributed by atoms with Gasteiger partial charge in [-0.2, -0.15) is 4.98 Å². The standard InChI is InChI=1S/C22H17BrN4O3/c23-18-3-1-2-17-16(18)8-9-24-19(17)20-25-21(30-26-20)14-4-6-15(7-5-14)22(28)27-10-12-29-13-11-27/h1-9H,10-13H2. The average Bonchev–Trinajstić information content (AvgIpc) is 3.29. The molecule has 5 rings (SSSR count). The smallest absolute Gasteiger partial charge is 0.258 e. The third-order valence-electron chi connectivity index (χ3n) is 5.07. The minimum atomic E-state index is 0.00148. The van der Waals surface area contributed by atoms with Gasteiger partial charge in [-0.3, -0.25) is 9.78 Å². The monoisotopic (exact) mass is 464 g/mol. The second kappa shape index (κ2) is 7.97. The van der Waals surface area contributed by atoms with Crippen molar-refractivity contribution in [3.8, 4) is 23.0 Å². The van der Waals surface area contributed by atoms with Gasteiger partial charge in [0.1, 0.15) is 5.69 Å². The molecule has 2 aromatic carbocycles. The molecular weight excluding hydrogens is 448 g/mol. The minimum absolute atomic E-state index is 0.00148. The number of carbonyl (C=O) groups excluding carboxylic acids is 1. The average molecular weight is 465 g/mol. The largest absolute Gasteiger partial charge is 0.378 e. The van der Waals surface area contributed by atoms with Crippen LogP contribution >= 0.6 is 15.9 Å². The molecule has 1 saturated heterocycles. The van der Waals surface area contributed by atoms with E-state index in [9.17, 15) is 4.79 Å². The zero-order valence-electron chi connectivity index (χ0n) is 15.9. The van der Waals surface area contributed by atoms with Crippen molar-refractivity contribution in [2.75, 3.05) is 26.3 Å². The first-order chi connectivity index (χ1) is 14.7. The number of carbonyl (C=O) groups is 1. The van der Waals surface area contributed by atoms with Crippen molar-refractivity contribution in [1.29, 1.82) is 0 Å². The van der Waals surface area contributed by atoms with Crippen LogP contribution in [0.25, 0.3) is 33.7 Å². The van der Waals surface area contributed by atoms with Gasteiger partial charge in [0.05, 0.1) is 13.2 Å². The van der Waals surface area contributed by atoms with Crippen LogP contribution in [0.2, 0.25) is 0 Å². The molecule has 0 bridgehead atoms. The highest BCUT2D eigenvalue weighted by molar-refractivity contribution is 9.10.